The van der Waals surface area contributed by atoms with Crippen LogP contribution in [0.25, 0.3) is 10.2 Å². The average molecular weight is 672 g/mol. The molecule has 1 aromatic carbocycles. The molecule has 0 aliphatic heterocycles. The van der Waals surface area contributed by atoms with E-state index in [0.717, 1.165) is 21.4 Å². The number of hydrogen-bond donors (Lipinski definition) is 0. The zero-order valence-corrected chi connectivity index (χ0v) is 30.6. The summed E-state index contributed by atoms with van der Waals surface area (Å²) in [7, 11) is 0. The van der Waals surface area contributed by atoms with Crippen molar-refractivity contribution in [2.24, 2.45) is 0 Å². The summed E-state index contributed by atoms with van der Waals surface area (Å²) >= 11 is 6.45. The van der Waals surface area contributed by atoms with Gasteiger partial charge in [0.15, 0.2) is 5.89 Å². The molecule has 0 unspecified atom stereocenters. The Hall–Kier alpha value is -2.93. The van der Waals surface area contributed by atoms with E-state index >= 15 is 0 Å². The van der Waals surface area contributed by atoms with Gasteiger partial charge in [0.1, 0.15) is 28.9 Å². The predicted molar refractivity (Wildman–Crippen MR) is 188 cm³/mol. The number of rotatable bonds is 5. The molecule has 238 valence electrons. The molecule has 0 atom stereocenters. The topological polar surface area (TPSA) is 103 Å². The van der Waals surface area contributed by atoms with Crippen molar-refractivity contribution in [1.29, 1.82) is 0 Å². The second-order valence-corrected chi connectivity index (χ2v) is 14.7. The molecule has 0 aliphatic carbocycles. The molecule has 5 aromatic heterocycles. The van der Waals surface area contributed by atoms with E-state index in [2.05, 4.69) is 107 Å². The van der Waals surface area contributed by atoms with E-state index in [1.165, 1.54) is 37.8 Å². The normalized spacial score (nSPS) is 10.6. The lowest BCUT2D eigenvalue weighted by molar-refractivity contribution is 0.471. The van der Waals surface area contributed by atoms with Crippen LogP contribution in [0, 0.1) is 0 Å². The summed E-state index contributed by atoms with van der Waals surface area (Å²) in [5.41, 5.74) is 1.13. The maximum Gasteiger partial charge on any atom is 0.196 e. The molecule has 0 amide bonds. The zero-order chi connectivity index (χ0) is 32.5. The molecule has 0 saturated carbocycles. The van der Waals surface area contributed by atoms with Crippen molar-refractivity contribution in [3.05, 3.63) is 86.9 Å². The van der Waals surface area contributed by atoms with E-state index in [1.54, 1.807) is 47.8 Å². The first-order valence-corrected chi connectivity index (χ1v) is 17.9. The second kappa shape index (κ2) is 20.2. The lowest BCUT2D eigenvalue weighted by Crippen LogP contribution is -1.83. The highest BCUT2D eigenvalue weighted by atomic mass is 32.1. The van der Waals surface area contributed by atoms with Crippen LogP contribution in [0.1, 0.15) is 125 Å². The highest BCUT2D eigenvalue weighted by Gasteiger charge is 2.05. The van der Waals surface area contributed by atoms with Gasteiger partial charge >= 0.3 is 0 Å². The molecule has 6 rings (SSSR count). The van der Waals surface area contributed by atoms with Crippen LogP contribution >= 0.6 is 45.7 Å². The van der Waals surface area contributed by atoms with Crippen molar-refractivity contribution in [2.75, 3.05) is 0 Å². The Balaban J connectivity index is 0.000000194. The predicted octanol–water partition coefficient (Wildman–Crippen LogP) is 10.8. The third-order valence-corrected chi connectivity index (χ3v) is 9.78. The van der Waals surface area contributed by atoms with E-state index in [1.807, 2.05) is 31.5 Å². The minimum absolute atomic E-state index is 0.407. The smallest absolute Gasteiger partial charge is 0.196 e. The fourth-order valence-electron chi connectivity index (χ4n) is 3.05. The highest BCUT2D eigenvalue weighted by molar-refractivity contribution is 7.18. The second-order valence-electron chi connectivity index (χ2n) is 11.1. The standard InChI is InChI=1S/C10H11NS.C6H9NO.C6H9NS.2C5H8N2S/c1-7(2)10-11-8-5-3-4-6-9(8)12-10;2*1-5(2)6-7-3-4-8-6;2*1-4(2)5-6-3-7-8-5/h3-7H,1-2H3;2*3-5H,1-2H3;2*3-4H,1-2H3. The Kier molecular flexibility index (Phi) is 17.1. The molecule has 6 aromatic rings. The Bertz CT molecular complexity index is 1310. The zero-order valence-electron chi connectivity index (χ0n) is 27.3. The molecule has 0 saturated heterocycles. The highest BCUT2D eigenvalue weighted by Crippen LogP contribution is 2.26. The van der Waals surface area contributed by atoms with Crippen molar-refractivity contribution >= 4 is 56.0 Å². The summed E-state index contributed by atoms with van der Waals surface area (Å²) in [6.45, 7) is 21.2. The number of thiazole rings is 2. The van der Waals surface area contributed by atoms with E-state index in [-0.39, 0.29) is 0 Å². The molecule has 12 heteroatoms. The van der Waals surface area contributed by atoms with Gasteiger partial charge in [0.2, 0.25) is 0 Å². The van der Waals surface area contributed by atoms with E-state index in [4.69, 9.17) is 4.42 Å². The van der Waals surface area contributed by atoms with Crippen molar-refractivity contribution in [2.45, 2.75) is 98.8 Å². The molecule has 44 heavy (non-hydrogen) atoms. The minimum Gasteiger partial charge on any atom is -0.449 e. The number of aromatic nitrogens is 7. The lowest BCUT2D eigenvalue weighted by Gasteiger charge is -1.94. The van der Waals surface area contributed by atoms with Gasteiger partial charge in [-0.15, -0.1) is 22.7 Å². The van der Waals surface area contributed by atoms with Crippen LogP contribution in [0.15, 0.2) is 65.4 Å². The number of oxazole rings is 1. The Morgan fingerprint density at radius 1 is 0.591 bits per heavy atom. The van der Waals surface area contributed by atoms with Gasteiger partial charge in [-0.1, -0.05) is 81.4 Å². The maximum atomic E-state index is 4.98. The molecular formula is C32H45N7OS4. The summed E-state index contributed by atoms with van der Waals surface area (Å²) in [5, 5.41) is 6.70. The largest absolute Gasteiger partial charge is 0.449 e. The van der Waals surface area contributed by atoms with Crippen LogP contribution in [0.5, 0.6) is 0 Å². The SMILES string of the molecule is CC(C)c1nc2ccccc2s1.CC(C)c1ncco1.CC(C)c1nccs1.CC(C)c1ncns1.CC(C)c1ncns1. The number of benzene rings is 1. The quantitative estimate of drug-likeness (QED) is 0.178. The number of nitrogens with zero attached hydrogens (tertiary/aromatic N) is 7. The molecule has 5 heterocycles. The van der Waals surface area contributed by atoms with Crippen LogP contribution in [0.4, 0.5) is 0 Å². The minimum atomic E-state index is 0.407. The first-order valence-electron chi connectivity index (χ1n) is 14.7. The lowest BCUT2D eigenvalue weighted by atomic mass is 10.2. The van der Waals surface area contributed by atoms with Gasteiger partial charge in [0.25, 0.3) is 0 Å². The van der Waals surface area contributed by atoms with Gasteiger partial charge in [-0.2, -0.15) is 8.75 Å². The molecule has 0 N–H and O–H groups in total. The molecule has 0 aliphatic rings. The molecule has 0 spiro atoms. The Morgan fingerprint density at radius 3 is 1.48 bits per heavy atom. The van der Waals surface area contributed by atoms with E-state index < -0.39 is 0 Å². The Labute approximate surface area is 278 Å². The van der Waals surface area contributed by atoms with Gasteiger partial charge in [0.05, 0.1) is 26.4 Å². The molecule has 8 nitrogen and oxygen atoms in total. The fourth-order valence-corrected chi connectivity index (χ4v) is 5.69. The number of hydrogen-bond acceptors (Lipinski definition) is 12. The van der Waals surface area contributed by atoms with Crippen LogP contribution in [-0.2, 0) is 0 Å². The van der Waals surface area contributed by atoms with Crippen molar-refractivity contribution in [1.82, 2.24) is 33.7 Å². The third kappa shape index (κ3) is 13.8. The van der Waals surface area contributed by atoms with Crippen LogP contribution < -0.4 is 0 Å². The van der Waals surface area contributed by atoms with Gasteiger partial charge in [-0.05, 0) is 35.2 Å². The summed E-state index contributed by atoms with van der Waals surface area (Å²) in [5.74, 6) is 3.41. The average Bonchev–Trinajstić information content (AvgIpc) is 3.85. The van der Waals surface area contributed by atoms with Gasteiger partial charge in [-0.25, -0.2) is 24.9 Å². The number of para-hydroxylation sites is 1. The molecular weight excluding hydrogens is 627 g/mol. The van der Waals surface area contributed by atoms with Crippen LogP contribution in [0.2, 0.25) is 0 Å². The Morgan fingerprint density at radius 2 is 1.16 bits per heavy atom. The van der Waals surface area contributed by atoms with Gasteiger partial charge in [-0.3, -0.25) is 0 Å². The molecule has 0 bridgehead atoms. The fraction of sp³-hybridized carbons (Fsp3) is 0.469. The summed E-state index contributed by atoms with van der Waals surface area (Å²) in [6, 6.07) is 8.29. The van der Waals surface area contributed by atoms with Crippen molar-refractivity contribution < 1.29 is 4.42 Å². The molecule has 0 radical (unpaired) electrons. The van der Waals surface area contributed by atoms with Gasteiger partial charge < -0.3 is 4.42 Å². The monoisotopic (exact) mass is 671 g/mol. The molecule has 0 fully saturated rings. The van der Waals surface area contributed by atoms with Crippen LogP contribution in [0.3, 0.4) is 0 Å². The maximum absolute atomic E-state index is 4.98. The van der Waals surface area contributed by atoms with Gasteiger partial charge in [0, 0.05) is 41.2 Å². The van der Waals surface area contributed by atoms with Crippen molar-refractivity contribution in [3.8, 4) is 0 Å². The summed E-state index contributed by atoms with van der Waals surface area (Å²) in [4.78, 5) is 20.7. The third-order valence-electron chi connectivity index (χ3n) is 5.44. The van der Waals surface area contributed by atoms with E-state index in [9.17, 15) is 0 Å². The van der Waals surface area contributed by atoms with Crippen LogP contribution in [-0.4, -0.2) is 33.7 Å². The first kappa shape index (κ1) is 37.3. The van der Waals surface area contributed by atoms with E-state index in [0.29, 0.717) is 29.6 Å². The summed E-state index contributed by atoms with van der Waals surface area (Å²) in [6.07, 6.45) is 8.30. The summed E-state index contributed by atoms with van der Waals surface area (Å²) < 4.78 is 14.0. The number of fused-ring (bicyclic) bond motifs is 1. The first-order chi connectivity index (χ1) is 21.0. The van der Waals surface area contributed by atoms with Crippen molar-refractivity contribution in [3.63, 3.8) is 0 Å².